The van der Waals surface area contributed by atoms with E-state index in [4.69, 9.17) is 8.92 Å². The number of hydrogen-bond acceptors (Lipinski definition) is 5. The largest absolute Gasteiger partial charge is 0.456 e. The minimum absolute atomic E-state index is 0.100. The molecule has 2 heterocycles. The lowest BCUT2D eigenvalue weighted by atomic mass is 9.69. The lowest BCUT2D eigenvalue weighted by Crippen LogP contribution is -2.45. The van der Waals surface area contributed by atoms with Crippen LogP contribution in [0.15, 0.2) is 12.2 Å². The quantitative estimate of drug-likeness (QED) is 0.436. The molecule has 5 nitrogen and oxygen atoms in total. The van der Waals surface area contributed by atoms with Gasteiger partial charge in [0.1, 0.15) is 12.2 Å². The highest BCUT2D eigenvalue weighted by molar-refractivity contribution is 7.87. The number of hydrogen-bond donors (Lipinski definition) is 0. The zero-order chi connectivity index (χ0) is 13.8. The van der Waals surface area contributed by atoms with Gasteiger partial charge < -0.3 is 4.74 Å². The third-order valence-electron chi connectivity index (χ3n) is 4.45. The van der Waals surface area contributed by atoms with Gasteiger partial charge in [0.05, 0.1) is 5.25 Å². The van der Waals surface area contributed by atoms with Crippen LogP contribution in [0.25, 0.3) is 0 Å². The number of fused-ring (bicyclic) bond motifs is 1. The van der Waals surface area contributed by atoms with Crippen LogP contribution in [0.1, 0.15) is 32.6 Å². The smallest absolute Gasteiger partial charge is 0.333 e. The minimum Gasteiger partial charge on any atom is -0.456 e. The second kappa shape index (κ2) is 4.31. The van der Waals surface area contributed by atoms with E-state index in [9.17, 15) is 13.2 Å². The van der Waals surface area contributed by atoms with Gasteiger partial charge in [0.2, 0.25) is 0 Å². The van der Waals surface area contributed by atoms with E-state index in [0.29, 0.717) is 30.8 Å². The molecule has 0 radical (unpaired) electrons. The second-order valence-corrected chi connectivity index (χ2v) is 7.81. The van der Waals surface area contributed by atoms with E-state index < -0.39 is 33.5 Å². The monoisotopic (exact) mass is 286 g/mol. The van der Waals surface area contributed by atoms with Crippen molar-refractivity contribution in [1.29, 1.82) is 0 Å². The van der Waals surface area contributed by atoms with Crippen molar-refractivity contribution in [3.8, 4) is 0 Å². The Morgan fingerprint density at radius 2 is 2.00 bits per heavy atom. The molecular weight excluding hydrogens is 268 g/mol. The van der Waals surface area contributed by atoms with Gasteiger partial charge in [0.25, 0.3) is 10.1 Å². The Hall–Kier alpha value is -0.880. The van der Waals surface area contributed by atoms with Gasteiger partial charge in [-0.15, -0.1) is 0 Å². The van der Waals surface area contributed by atoms with Gasteiger partial charge in [-0.3, -0.25) is 4.18 Å². The van der Waals surface area contributed by atoms with Crippen LogP contribution in [0.3, 0.4) is 0 Å². The molecule has 19 heavy (non-hydrogen) atoms. The van der Waals surface area contributed by atoms with E-state index in [-0.39, 0.29) is 5.92 Å². The summed E-state index contributed by atoms with van der Waals surface area (Å²) in [6.07, 6.45) is 1.88. The van der Waals surface area contributed by atoms with E-state index >= 15 is 0 Å². The summed E-state index contributed by atoms with van der Waals surface area (Å²) in [5, 5.41) is -0.421. The molecule has 2 aliphatic carbocycles. The fourth-order valence-corrected chi connectivity index (χ4v) is 5.31. The Morgan fingerprint density at radius 1 is 1.26 bits per heavy atom. The predicted molar refractivity (Wildman–Crippen MR) is 67.7 cm³/mol. The molecule has 6 heteroatoms. The molecule has 0 spiro atoms. The summed E-state index contributed by atoms with van der Waals surface area (Å²) < 4.78 is 34.8. The maximum absolute atomic E-state index is 12.0. The molecule has 4 rings (SSSR count). The number of carbonyl (C=O) groups excluding carboxylic acids is 1. The van der Waals surface area contributed by atoms with Gasteiger partial charge in [-0.1, -0.05) is 6.58 Å². The Bertz CT molecular complexity index is 523. The highest BCUT2D eigenvalue weighted by Gasteiger charge is 2.53. The van der Waals surface area contributed by atoms with Gasteiger partial charge in [-0.2, -0.15) is 8.42 Å². The van der Waals surface area contributed by atoms with E-state index in [1.54, 1.807) is 6.92 Å². The lowest BCUT2D eigenvalue weighted by Gasteiger charge is -2.41. The Labute approximate surface area is 113 Å². The maximum atomic E-state index is 12.0. The summed E-state index contributed by atoms with van der Waals surface area (Å²) in [5.41, 5.74) is 0.329. The summed E-state index contributed by atoms with van der Waals surface area (Å²) in [4.78, 5) is 11.7. The van der Waals surface area contributed by atoms with E-state index in [0.717, 1.165) is 6.42 Å². The summed E-state index contributed by atoms with van der Waals surface area (Å²) in [7, 11) is -3.50. The molecule has 4 bridgehead atoms. The van der Waals surface area contributed by atoms with E-state index in [2.05, 4.69) is 6.58 Å². The Balaban J connectivity index is 1.88. The molecule has 5 atom stereocenters. The van der Waals surface area contributed by atoms with Gasteiger partial charge in [-0.25, -0.2) is 4.79 Å². The number of carbonyl (C=O) groups is 1. The second-order valence-electron chi connectivity index (χ2n) is 5.97. The van der Waals surface area contributed by atoms with Crippen molar-refractivity contribution in [1.82, 2.24) is 0 Å². The van der Waals surface area contributed by atoms with Crippen LogP contribution in [0.2, 0.25) is 0 Å². The number of rotatable bonds is 2. The minimum atomic E-state index is -3.50. The first-order chi connectivity index (χ1) is 8.87. The first-order valence-corrected chi connectivity index (χ1v) is 8.12. The molecule has 0 aromatic rings. The van der Waals surface area contributed by atoms with Crippen molar-refractivity contribution in [3.63, 3.8) is 0 Å². The van der Waals surface area contributed by atoms with Crippen LogP contribution in [0, 0.1) is 11.8 Å². The molecule has 2 saturated heterocycles. The summed E-state index contributed by atoms with van der Waals surface area (Å²) in [6, 6.07) is 0. The van der Waals surface area contributed by atoms with E-state index in [1.165, 1.54) is 0 Å². The summed E-state index contributed by atoms with van der Waals surface area (Å²) in [6.45, 7) is 5.14. The van der Waals surface area contributed by atoms with Crippen LogP contribution < -0.4 is 0 Å². The molecule has 106 valence electrons. The average molecular weight is 286 g/mol. The van der Waals surface area contributed by atoms with Crippen LogP contribution in [0.4, 0.5) is 0 Å². The molecule has 2 saturated carbocycles. The van der Waals surface area contributed by atoms with Crippen LogP contribution in [0.5, 0.6) is 0 Å². The summed E-state index contributed by atoms with van der Waals surface area (Å²) >= 11 is 0. The first-order valence-electron chi connectivity index (χ1n) is 6.65. The highest BCUT2D eigenvalue weighted by Crippen LogP contribution is 2.48. The molecule has 4 fully saturated rings. The van der Waals surface area contributed by atoms with Crippen molar-refractivity contribution >= 4 is 16.1 Å². The highest BCUT2D eigenvalue weighted by atomic mass is 32.2. The van der Waals surface area contributed by atoms with Crippen molar-refractivity contribution in [2.45, 2.75) is 50.1 Å². The molecular formula is C13H18O5S. The van der Waals surface area contributed by atoms with Crippen LogP contribution >= 0.6 is 0 Å². The predicted octanol–water partition coefficient (Wildman–Crippen LogP) is 1.39. The average Bonchev–Trinajstić information content (AvgIpc) is 2.44. The van der Waals surface area contributed by atoms with E-state index in [1.807, 2.05) is 0 Å². The van der Waals surface area contributed by atoms with Gasteiger partial charge in [-0.05, 0) is 38.5 Å². The normalized spacial score (nSPS) is 42.7. The third kappa shape index (κ3) is 2.21. The molecule has 0 aromatic carbocycles. The molecule has 0 amide bonds. The molecule has 5 unspecified atom stereocenters. The van der Waals surface area contributed by atoms with Gasteiger partial charge >= 0.3 is 5.97 Å². The molecule has 0 N–H and O–H groups in total. The Kier molecular flexibility index (Phi) is 2.98. The van der Waals surface area contributed by atoms with Crippen molar-refractivity contribution in [2.24, 2.45) is 11.8 Å². The first kappa shape index (κ1) is 13.1. The van der Waals surface area contributed by atoms with Gasteiger partial charge in [0.15, 0.2) is 0 Å². The molecule has 4 aliphatic rings. The third-order valence-corrected chi connectivity index (χ3v) is 6.17. The number of esters is 1. The van der Waals surface area contributed by atoms with Crippen LogP contribution in [-0.2, 0) is 23.8 Å². The topological polar surface area (TPSA) is 69.7 Å². The zero-order valence-corrected chi connectivity index (χ0v) is 11.7. The lowest BCUT2D eigenvalue weighted by molar-refractivity contribution is -0.158. The summed E-state index contributed by atoms with van der Waals surface area (Å²) in [5.74, 6) is 0.0207. The fourth-order valence-electron chi connectivity index (χ4n) is 3.63. The zero-order valence-electron chi connectivity index (χ0n) is 10.9. The fraction of sp³-hybridized carbons (Fsp3) is 0.769. The van der Waals surface area contributed by atoms with Crippen molar-refractivity contribution < 1.29 is 22.1 Å². The maximum Gasteiger partial charge on any atom is 0.333 e. The molecule has 0 aromatic heterocycles. The van der Waals surface area contributed by atoms with Crippen LogP contribution in [-0.4, -0.2) is 31.8 Å². The van der Waals surface area contributed by atoms with Crippen molar-refractivity contribution in [3.05, 3.63) is 12.2 Å². The molecule has 2 aliphatic heterocycles. The number of ether oxygens (including phenoxy) is 1. The SMILES string of the molecule is C=C(C)C(=O)OC1C2CC3CC1OS(=O)(=O)C(C3)C2. The standard InChI is InChI=1S/C13H18O5S/c1-7(2)13(14)17-12-9-3-8-4-10(6-9)19(15,16)18-11(12)5-8/h8-12H,1,3-6H2,2H3. The Morgan fingerprint density at radius 3 is 2.68 bits per heavy atom. The van der Waals surface area contributed by atoms with Gasteiger partial charge in [0, 0.05) is 11.5 Å². The van der Waals surface area contributed by atoms with Crippen molar-refractivity contribution in [2.75, 3.05) is 0 Å².